The molecule has 152 valence electrons. The molecule has 1 fully saturated rings. The summed E-state index contributed by atoms with van der Waals surface area (Å²) < 4.78 is 27.7. The zero-order chi connectivity index (χ0) is 20.4. The van der Waals surface area contributed by atoms with Crippen molar-refractivity contribution in [2.75, 3.05) is 23.7 Å². The first kappa shape index (κ1) is 19.4. The Morgan fingerprint density at radius 3 is 2.83 bits per heavy atom. The van der Waals surface area contributed by atoms with Crippen LogP contribution in [0.25, 0.3) is 0 Å². The van der Waals surface area contributed by atoms with Gasteiger partial charge in [-0.25, -0.2) is 13.6 Å². The van der Waals surface area contributed by atoms with Crippen LogP contribution in [0.5, 0.6) is 0 Å². The zero-order valence-corrected chi connectivity index (χ0v) is 16.0. The van der Waals surface area contributed by atoms with Gasteiger partial charge >= 0.3 is 6.03 Å². The van der Waals surface area contributed by atoms with E-state index in [0.717, 1.165) is 42.6 Å². The lowest BCUT2D eigenvalue weighted by Crippen LogP contribution is -2.41. The van der Waals surface area contributed by atoms with Crippen LogP contribution in [0.2, 0.25) is 0 Å². The van der Waals surface area contributed by atoms with Crippen LogP contribution in [0.3, 0.4) is 0 Å². The van der Waals surface area contributed by atoms with E-state index < -0.39 is 11.6 Å². The molecule has 0 spiro atoms. The van der Waals surface area contributed by atoms with Gasteiger partial charge in [-0.15, -0.1) is 0 Å². The maximum Gasteiger partial charge on any atom is 0.321 e. The number of hydrogen-bond donors (Lipinski definition) is 2. The Morgan fingerprint density at radius 2 is 1.97 bits per heavy atom. The number of nitrogens with zero attached hydrogens (tertiary/aromatic N) is 1. The molecule has 0 bridgehead atoms. The molecular formula is C22H23F2N3O2. The predicted octanol–water partition coefficient (Wildman–Crippen LogP) is 4.65. The van der Waals surface area contributed by atoms with Crippen LogP contribution in [-0.2, 0) is 11.2 Å². The number of nitrogens with one attached hydrogen (secondary N) is 2. The molecule has 2 N–H and O–H groups in total. The Kier molecular flexibility index (Phi) is 5.47. The van der Waals surface area contributed by atoms with E-state index in [1.54, 1.807) is 17.0 Å². The summed E-state index contributed by atoms with van der Waals surface area (Å²) >= 11 is 0. The second kappa shape index (κ2) is 8.19. The SMILES string of the molecule is O=C1CCCc2cc(NC(=O)N3CCC[C@H](c4cc(F)ccc4F)C3)ccc2N1. The summed E-state index contributed by atoms with van der Waals surface area (Å²) in [6.45, 7) is 0.910. The fourth-order valence-corrected chi connectivity index (χ4v) is 4.10. The van der Waals surface area contributed by atoms with E-state index in [4.69, 9.17) is 0 Å². The molecule has 1 atom stereocenters. The molecule has 2 aliphatic heterocycles. The van der Waals surface area contributed by atoms with Crippen LogP contribution < -0.4 is 10.6 Å². The standard InChI is InChI=1S/C22H23F2N3O2/c23-16-6-8-19(24)18(12-16)15-4-2-10-27(13-15)22(29)25-17-7-9-20-14(11-17)3-1-5-21(28)26-20/h6-9,11-12,15H,1-5,10,13H2,(H,25,29)(H,26,28)/t15-/m0/s1. The number of hydrogen-bond acceptors (Lipinski definition) is 2. The molecule has 0 aromatic heterocycles. The monoisotopic (exact) mass is 399 g/mol. The molecule has 2 aromatic rings. The summed E-state index contributed by atoms with van der Waals surface area (Å²) in [6.07, 6.45) is 3.46. The Balaban J connectivity index is 1.45. The summed E-state index contributed by atoms with van der Waals surface area (Å²) in [6, 6.07) is 8.65. The van der Waals surface area contributed by atoms with Crippen LogP contribution in [0, 0.1) is 11.6 Å². The van der Waals surface area contributed by atoms with Crippen molar-refractivity contribution in [3.63, 3.8) is 0 Å². The number of benzene rings is 2. The summed E-state index contributed by atoms with van der Waals surface area (Å²) in [5.41, 5.74) is 2.75. The van der Waals surface area contributed by atoms with Crippen LogP contribution >= 0.6 is 0 Å². The molecule has 4 rings (SSSR count). The molecule has 2 heterocycles. The van der Waals surface area contributed by atoms with Crippen LogP contribution in [-0.4, -0.2) is 29.9 Å². The Bertz CT molecular complexity index is 948. The highest BCUT2D eigenvalue weighted by molar-refractivity contribution is 5.94. The molecule has 2 aliphatic rings. The Hall–Kier alpha value is -2.96. The van der Waals surface area contributed by atoms with Crippen molar-refractivity contribution in [1.29, 1.82) is 0 Å². The van der Waals surface area contributed by atoms with Gasteiger partial charge in [-0.05, 0) is 73.2 Å². The highest BCUT2D eigenvalue weighted by Crippen LogP contribution is 2.30. The third-order valence-corrected chi connectivity index (χ3v) is 5.59. The maximum absolute atomic E-state index is 14.1. The second-order valence-corrected chi connectivity index (χ2v) is 7.65. The van der Waals surface area contributed by atoms with Gasteiger partial charge in [0.05, 0.1) is 0 Å². The van der Waals surface area contributed by atoms with Crippen LogP contribution in [0.15, 0.2) is 36.4 Å². The molecule has 1 saturated heterocycles. The largest absolute Gasteiger partial charge is 0.326 e. The van der Waals surface area contributed by atoms with Gasteiger partial charge in [0.15, 0.2) is 0 Å². The molecule has 3 amide bonds. The molecule has 7 heteroatoms. The van der Waals surface area contributed by atoms with Crippen molar-refractivity contribution in [3.05, 3.63) is 59.2 Å². The van der Waals surface area contributed by atoms with Crippen molar-refractivity contribution in [3.8, 4) is 0 Å². The van der Waals surface area contributed by atoms with Gasteiger partial charge in [-0.2, -0.15) is 0 Å². The maximum atomic E-state index is 14.1. The molecule has 0 radical (unpaired) electrons. The van der Waals surface area contributed by atoms with Crippen LogP contribution in [0.4, 0.5) is 25.0 Å². The minimum atomic E-state index is -0.472. The average molecular weight is 399 g/mol. The van der Waals surface area contributed by atoms with Gasteiger partial charge in [0.25, 0.3) is 0 Å². The first-order chi connectivity index (χ1) is 14.0. The van der Waals surface area contributed by atoms with E-state index in [9.17, 15) is 18.4 Å². The number of amides is 3. The number of carbonyl (C=O) groups is 2. The summed E-state index contributed by atoms with van der Waals surface area (Å²) in [5.74, 6) is -1.14. The number of urea groups is 1. The Labute approximate surface area is 168 Å². The van der Waals surface area contributed by atoms with Gasteiger partial charge in [-0.1, -0.05) is 0 Å². The quantitative estimate of drug-likeness (QED) is 0.772. The lowest BCUT2D eigenvalue weighted by Gasteiger charge is -2.33. The molecule has 2 aromatic carbocycles. The second-order valence-electron chi connectivity index (χ2n) is 7.65. The van der Waals surface area contributed by atoms with Crippen molar-refractivity contribution < 1.29 is 18.4 Å². The first-order valence-electron chi connectivity index (χ1n) is 9.93. The minimum absolute atomic E-state index is 0.00414. The molecule has 0 aliphatic carbocycles. The lowest BCUT2D eigenvalue weighted by atomic mass is 9.90. The van der Waals surface area contributed by atoms with E-state index in [2.05, 4.69) is 10.6 Å². The third kappa shape index (κ3) is 4.39. The van der Waals surface area contributed by atoms with E-state index in [0.29, 0.717) is 37.2 Å². The Morgan fingerprint density at radius 1 is 1.10 bits per heavy atom. The van der Waals surface area contributed by atoms with Gasteiger partial charge in [0, 0.05) is 36.8 Å². The number of carbonyl (C=O) groups excluding carboxylic acids is 2. The normalized spacial score (nSPS) is 19.2. The average Bonchev–Trinajstić information content (AvgIpc) is 2.90. The van der Waals surface area contributed by atoms with Gasteiger partial charge in [0.2, 0.25) is 5.91 Å². The number of likely N-dealkylation sites (tertiary alicyclic amines) is 1. The lowest BCUT2D eigenvalue weighted by molar-refractivity contribution is -0.116. The summed E-state index contributed by atoms with van der Waals surface area (Å²) in [7, 11) is 0. The number of halogens is 2. The predicted molar refractivity (Wildman–Crippen MR) is 107 cm³/mol. The molecule has 0 saturated carbocycles. The van der Waals surface area contributed by atoms with Gasteiger partial charge in [-0.3, -0.25) is 4.79 Å². The minimum Gasteiger partial charge on any atom is -0.326 e. The van der Waals surface area contributed by atoms with E-state index >= 15 is 0 Å². The smallest absolute Gasteiger partial charge is 0.321 e. The third-order valence-electron chi connectivity index (χ3n) is 5.59. The number of fused-ring (bicyclic) bond motifs is 1. The molecule has 5 nitrogen and oxygen atoms in total. The van der Waals surface area contributed by atoms with Crippen LogP contribution in [0.1, 0.15) is 42.7 Å². The fourth-order valence-electron chi connectivity index (χ4n) is 4.10. The summed E-state index contributed by atoms with van der Waals surface area (Å²) in [4.78, 5) is 26.1. The first-order valence-corrected chi connectivity index (χ1v) is 9.93. The highest BCUT2D eigenvalue weighted by Gasteiger charge is 2.27. The number of anilines is 2. The van der Waals surface area contributed by atoms with E-state index in [1.807, 2.05) is 6.07 Å². The fraction of sp³-hybridized carbons (Fsp3) is 0.364. The summed E-state index contributed by atoms with van der Waals surface area (Å²) in [5, 5.41) is 5.77. The molecular weight excluding hydrogens is 376 g/mol. The van der Waals surface area contributed by atoms with Gasteiger partial charge < -0.3 is 15.5 Å². The van der Waals surface area contributed by atoms with Gasteiger partial charge in [0.1, 0.15) is 11.6 Å². The van der Waals surface area contributed by atoms with Crippen molar-refractivity contribution in [2.24, 2.45) is 0 Å². The topological polar surface area (TPSA) is 61.4 Å². The zero-order valence-electron chi connectivity index (χ0n) is 16.0. The highest BCUT2D eigenvalue weighted by atomic mass is 19.1. The van der Waals surface area contributed by atoms with E-state index in [-0.39, 0.29) is 17.9 Å². The number of rotatable bonds is 2. The molecule has 29 heavy (non-hydrogen) atoms. The number of aryl methyl sites for hydroxylation is 1. The van der Waals surface area contributed by atoms with Crippen molar-refractivity contribution in [2.45, 2.75) is 38.0 Å². The van der Waals surface area contributed by atoms with E-state index in [1.165, 1.54) is 6.07 Å². The number of piperidine rings is 1. The van der Waals surface area contributed by atoms with Crippen molar-refractivity contribution in [1.82, 2.24) is 4.90 Å². The van der Waals surface area contributed by atoms with Crippen molar-refractivity contribution >= 4 is 23.3 Å². The molecule has 0 unspecified atom stereocenters.